The number of aliphatic hydroxyl groups is 1. The molecule has 0 bridgehead atoms. The average Bonchev–Trinajstić information content (AvgIpc) is 2.30. The molecule has 0 aromatic heterocycles. The smallest absolute Gasteiger partial charge is 0.336 e. The van der Waals surface area contributed by atoms with E-state index in [1.807, 2.05) is 0 Å². The van der Waals surface area contributed by atoms with Gasteiger partial charge >= 0.3 is 5.97 Å². The Balaban J connectivity index is 3.31. The van der Waals surface area contributed by atoms with E-state index in [0.717, 1.165) is 6.07 Å². The minimum atomic E-state index is -1.24. The summed E-state index contributed by atoms with van der Waals surface area (Å²) in [6.07, 6.45) is 0. The number of anilines is 1. The number of rotatable bonds is 5. The summed E-state index contributed by atoms with van der Waals surface area (Å²) in [6.45, 7) is 3.04. The van der Waals surface area contributed by atoms with Crippen LogP contribution in [0.2, 0.25) is 0 Å². The van der Waals surface area contributed by atoms with Gasteiger partial charge in [-0.25, -0.2) is 4.79 Å². The number of nitrogens with zero attached hydrogens (tertiary/aromatic N) is 1. The fourth-order valence-electron chi connectivity index (χ4n) is 1.47. The third kappa shape index (κ3) is 2.95. The Bertz CT molecular complexity index is 487. The summed E-state index contributed by atoms with van der Waals surface area (Å²) in [6, 6.07) is 2.01. The van der Waals surface area contributed by atoms with Crippen molar-refractivity contribution in [3.8, 4) is 0 Å². The van der Waals surface area contributed by atoms with E-state index in [0.29, 0.717) is 11.3 Å². The third-order valence-corrected chi connectivity index (χ3v) is 2.50. The molecule has 7 heteroatoms. The molecule has 0 amide bonds. The zero-order valence-electron chi connectivity index (χ0n) is 10.0. The molecule has 0 fully saturated rings. The molecule has 1 unspecified atom stereocenters. The second-order valence-electron chi connectivity index (χ2n) is 3.96. The molecule has 1 rings (SSSR count). The van der Waals surface area contributed by atoms with Crippen LogP contribution in [0.15, 0.2) is 12.1 Å². The largest absolute Gasteiger partial charge is 0.478 e. The van der Waals surface area contributed by atoms with E-state index >= 15 is 0 Å². The van der Waals surface area contributed by atoms with Gasteiger partial charge in [0.1, 0.15) is 0 Å². The standard InChI is InChI=1S/C11H14N2O5/c1-6(5-14)12-9-3-8(11(15)16)4-10(7(9)2)13(17)18/h3-4,6,12,14H,5H2,1-2H3,(H,15,16). The second-order valence-corrected chi connectivity index (χ2v) is 3.96. The van der Waals surface area contributed by atoms with Crippen molar-refractivity contribution in [3.05, 3.63) is 33.4 Å². The highest BCUT2D eigenvalue weighted by Crippen LogP contribution is 2.28. The van der Waals surface area contributed by atoms with E-state index in [4.69, 9.17) is 10.2 Å². The number of carboxylic acids is 1. The van der Waals surface area contributed by atoms with E-state index in [2.05, 4.69) is 5.32 Å². The number of nitro benzene ring substituents is 1. The summed E-state index contributed by atoms with van der Waals surface area (Å²) in [5, 5.41) is 31.5. The van der Waals surface area contributed by atoms with Crippen molar-refractivity contribution in [2.45, 2.75) is 19.9 Å². The summed E-state index contributed by atoms with van der Waals surface area (Å²) < 4.78 is 0. The minimum Gasteiger partial charge on any atom is -0.478 e. The van der Waals surface area contributed by atoms with E-state index in [1.165, 1.54) is 13.0 Å². The highest BCUT2D eigenvalue weighted by Gasteiger charge is 2.19. The maximum atomic E-state index is 10.9. The van der Waals surface area contributed by atoms with Gasteiger partial charge in [0.2, 0.25) is 0 Å². The molecule has 0 spiro atoms. The maximum Gasteiger partial charge on any atom is 0.336 e. The van der Waals surface area contributed by atoms with Gasteiger partial charge in [-0.15, -0.1) is 0 Å². The van der Waals surface area contributed by atoms with Gasteiger partial charge in [0.25, 0.3) is 5.69 Å². The van der Waals surface area contributed by atoms with Crippen molar-refractivity contribution < 1.29 is 19.9 Å². The molecule has 7 nitrogen and oxygen atoms in total. The number of hydrogen-bond acceptors (Lipinski definition) is 5. The van der Waals surface area contributed by atoms with Crippen molar-refractivity contribution in [1.82, 2.24) is 0 Å². The first-order valence-corrected chi connectivity index (χ1v) is 5.26. The van der Waals surface area contributed by atoms with Gasteiger partial charge in [0, 0.05) is 23.4 Å². The Kier molecular flexibility index (Phi) is 4.22. The zero-order valence-corrected chi connectivity index (χ0v) is 10.0. The summed E-state index contributed by atoms with van der Waals surface area (Å²) >= 11 is 0. The molecule has 0 aliphatic rings. The minimum absolute atomic E-state index is 0.162. The second kappa shape index (κ2) is 5.46. The first-order valence-electron chi connectivity index (χ1n) is 5.26. The van der Waals surface area contributed by atoms with Crippen molar-refractivity contribution in [2.75, 3.05) is 11.9 Å². The van der Waals surface area contributed by atoms with Gasteiger partial charge in [-0.3, -0.25) is 10.1 Å². The first kappa shape index (κ1) is 13.9. The summed E-state index contributed by atoms with van der Waals surface area (Å²) in [5.74, 6) is -1.24. The number of nitrogens with one attached hydrogen (secondary N) is 1. The predicted octanol–water partition coefficient (Wildman–Crippen LogP) is 1.39. The fraction of sp³-hybridized carbons (Fsp3) is 0.364. The summed E-state index contributed by atoms with van der Waals surface area (Å²) in [5.41, 5.74) is 0.246. The number of aromatic carboxylic acids is 1. The van der Waals surface area contributed by atoms with E-state index in [-0.39, 0.29) is 23.9 Å². The first-order chi connectivity index (χ1) is 8.36. The number of carboxylic acid groups (broad SMARTS) is 1. The topological polar surface area (TPSA) is 113 Å². The molecule has 0 radical (unpaired) electrons. The molecule has 98 valence electrons. The zero-order chi connectivity index (χ0) is 13.9. The molecule has 0 aliphatic carbocycles. The van der Waals surface area contributed by atoms with Crippen LogP contribution >= 0.6 is 0 Å². The van der Waals surface area contributed by atoms with Crippen LogP contribution in [-0.4, -0.2) is 33.8 Å². The summed E-state index contributed by atoms with van der Waals surface area (Å²) in [4.78, 5) is 21.1. The third-order valence-electron chi connectivity index (χ3n) is 2.50. The molecule has 1 atom stereocenters. The molecule has 0 aliphatic heterocycles. The Morgan fingerprint density at radius 1 is 1.56 bits per heavy atom. The number of carbonyl (C=O) groups is 1. The quantitative estimate of drug-likeness (QED) is 0.540. The Morgan fingerprint density at radius 3 is 2.61 bits per heavy atom. The lowest BCUT2D eigenvalue weighted by molar-refractivity contribution is -0.385. The van der Waals surface area contributed by atoms with Crippen molar-refractivity contribution in [3.63, 3.8) is 0 Å². The number of hydrogen-bond donors (Lipinski definition) is 3. The van der Waals surface area contributed by atoms with Crippen LogP contribution in [-0.2, 0) is 0 Å². The summed E-state index contributed by atoms with van der Waals surface area (Å²) in [7, 11) is 0. The van der Waals surface area contributed by atoms with Gasteiger partial charge in [-0.1, -0.05) is 0 Å². The molecule has 3 N–H and O–H groups in total. The number of nitro groups is 1. The van der Waals surface area contributed by atoms with Crippen molar-refractivity contribution in [2.24, 2.45) is 0 Å². The maximum absolute atomic E-state index is 10.9. The molecular formula is C11H14N2O5. The van der Waals surface area contributed by atoms with Gasteiger partial charge in [0.15, 0.2) is 0 Å². The highest BCUT2D eigenvalue weighted by molar-refractivity contribution is 5.90. The van der Waals surface area contributed by atoms with Crippen LogP contribution in [0.1, 0.15) is 22.8 Å². The highest BCUT2D eigenvalue weighted by atomic mass is 16.6. The van der Waals surface area contributed by atoms with Crippen LogP contribution < -0.4 is 5.32 Å². The Labute approximate surface area is 103 Å². The molecular weight excluding hydrogens is 240 g/mol. The molecule has 1 aromatic carbocycles. The van der Waals surface area contributed by atoms with Gasteiger partial charge < -0.3 is 15.5 Å². The molecule has 0 saturated heterocycles. The van der Waals surface area contributed by atoms with Crippen LogP contribution in [0.3, 0.4) is 0 Å². The van der Waals surface area contributed by atoms with Crippen molar-refractivity contribution >= 4 is 17.3 Å². The molecule has 18 heavy (non-hydrogen) atoms. The van der Waals surface area contributed by atoms with Gasteiger partial charge in [0.05, 0.1) is 17.1 Å². The predicted molar refractivity (Wildman–Crippen MR) is 65.0 cm³/mol. The van der Waals surface area contributed by atoms with Crippen LogP contribution in [0.4, 0.5) is 11.4 Å². The van der Waals surface area contributed by atoms with E-state index < -0.39 is 10.9 Å². The molecule has 0 saturated carbocycles. The lowest BCUT2D eigenvalue weighted by atomic mass is 10.1. The van der Waals surface area contributed by atoms with Gasteiger partial charge in [-0.05, 0) is 19.9 Å². The average molecular weight is 254 g/mol. The number of aliphatic hydroxyl groups excluding tert-OH is 1. The fourth-order valence-corrected chi connectivity index (χ4v) is 1.47. The lowest BCUT2D eigenvalue weighted by Gasteiger charge is -2.15. The van der Waals surface area contributed by atoms with Crippen molar-refractivity contribution in [1.29, 1.82) is 0 Å². The SMILES string of the molecule is Cc1c(NC(C)CO)cc(C(=O)O)cc1[N+](=O)[O-]. The lowest BCUT2D eigenvalue weighted by Crippen LogP contribution is -2.20. The molecule has 1 aromatic rings. The van der Waals surface area contributed by atoms with Gasteiger partial charge in [-0.2, -0.15) is 0 Å². The van der Waals surface area contributed by atoms with Crippen LogP contribution in [0.25, 0.3) is 0 Å². The Morgan fingerprint density at radius 2 is 2.17 bits per heavy atom. The van der Waals surface area contributed by atoms with E-state index in [9.17, 15) is 14.9 Å². The number of benzene rings is 1. The monoisotopic (exact) mass is 254 g/mol. The van der Waals surface area contributed by atoms with Crippen LogP contribution in [0, 0.1) is 17.0 Å². The molecule has 0 heterocycles. The normalized spacial score (nSPS) is 11.9. The Hall–Kier alpha value is -2.15. The van der Waals surface area contributed by atoms with E-state index in [1.54, 1.807) is 6.92 Å². The van der Waals surface area contributed by atoms with Crippen LogP contribution in [0.5, 0.6) is 0 Å².